The number of nitrogens with zero attached hydrogens (tertiary/aromatic N) is 3. The lowest BCUT2D eigenvalue weighted by Gasteiger charge is -2.41. The number of carbonyl (C=O) groups excluding carboxylic acids is 1. The number of nitriles is 1. The lowest BCUT2D eigenvalue weighted by molar-refractivity contribution is 0.120. The van der Waals surface area contributed by atoms with E-state index in [4.69, 9.17) is 0 Å². The standard InChI is InChI=1S/C28H34F2N4O/c1-19-20(18-31)5-2-6-24(19)28-10-9-23(15-21(28)17-28)34(14-4-13-33-11-3-12-33)27(35)32-22-7-8-25(29)26(30)16-22/h2,5-8,16,19,21,23-24H,3-4,9-15,17H2,1H3,(H,32,35). The highest BCUT2D eigenvalue weighted by Gasteiger charge is 2.61. The molecule has 7 heteroatoms. The van der Waals surface area contributed by atoms with Gasteiger partial charge in [0.1, 0.15) is 0 Å². The van der Waals surface area contributed by atoms with E-state index in [9.17, 15) is 18.8 Å². The van der Waals surface area contributed by atoms with Crippen molar-refractivity contribution >= 4 is 11.7 Å². The van der Waals surface area contributed by atoms with Crippen LogP contribution in [-0.2, 0) is 0 Å². The van der Waals surface area contributed by atoms with E-state index in [0.717, 1.165) is 69.4 Å². The molecule has 1 saturated heterocycles. The van der Waals surface area contributed by atoms with E-state index >= 15 is 0 Å². The summed E-state index contributed by atoms with van der Waals surface area (Å²) in [6.45, 7) is 6.04. The summed E-state index contributed by atoms with van der Waals surface area (Å²) in [7, 11) is 0. The van der Waals surface area contributed by atoms with E-state index < -0.39 is 11.6 Å². The van der Waals surface area contributed by atoms with Gasteiger partial charge in [0.15, 0.2) is 11.6 Å². The third kappa shape index (κ3) is 4.73. The van der Waals surface area contributed by atoms with Crippen LogP contribution in [-0.4, -0.2) is 48.1 Å². The molecule has 3 aliphatic carbocycles. The lowest BCUT2D eigenvalue weighted by Crippen LogP contribution is -2.47. The molecular weight excluding hydrogens is 446 g/mol. The van der Waals surface area contributed by atoms with E-state index in [1.165, 1.54) is 12.5 Å². The minimum atomic E-state index is -0.965. The Morgan fingerprint density at radius 3 is 2.83 bits per heavy atom. The van der Waals surface area contributed by atoms with Crippen molar-refractivity contribution in [1.29, 1.82) is 5.26 Å². The molecule has 1 aromatic carbocycles. The van der Waals surface area contributed by atoms with Crippen molar-refractivity contribution in [3.05, 3.63) is 53.6 Å². The predicted molar refractivity (Wildman–Crippen MR) is 131 cm³/mol. The Bertz CT molecular complexity index is 1080. The van der Waals surface area contributed by atoms with Gasteiger partial charge in [-0.15, -0.1) is 0 Å². The highest BCUT2D eigenvalue weighted by atomic mass is 19.2. The first-order valence-electron chi connectivity index (χ1n) is 12.9. The Morgan fingerprint density at radius 1 is 1.31 bits per heavy atom. The topological polar surface area (TPSA) is 59.4 Å². The highest BCUT2D eigenvalue weighted by Crippen LogP contribution is 2.68. The summed E-state index contributed by atoms with van der Waals surface area (Å²) >= 11 is 0. The number of rotatable bonds is 7. The number of anilines is 1. The lowest BCUT2D eigenvalue weighted by atomic mass is 9.68. The van der Waals surface area contributed by atoms with E-state index in [0.29, 0.717) is 18.4 Å². The van der Waals surface area contributed by atoms with E-state index in [-0.39, 0.29) is 29.1 Å². The van der Waals surface area contributed by atoms with Crippen molar-refractivity contribution in [2.24, 2.45) is 23.2 Å². The van der Waals surface area contributed by atoms with Crippen molar-refractivity contribution in [2.75, 3.05) is 31.5 Å². The molecule has 1 aromatic rings. The minimum Gasteiger partial charge on any atom is -0.321 e. The third-order valence-corrected chi connectivity index (χ3v) is 8.89. The van der Waals surface area contributed by atoms with Crippen LogP contribution in [0.5, 0.6) is 0 Å². The number of hydrogen-bond donors (Lipinski definition) is 1. The quantitative estimate of drug-likeness (QED) is 0.543. The van der Waals surface area contributed by atoms with E-state index in [2.05, 4.69) is 29.3 Å². The van der Waals surface area contributed by atoms with Crippen LogP contribution in [0, 0.1) is 46.1 Å². The third-order valence-electron chi connectivity index (χ3n) is 8.89. The number of urea groups is 1. The Morgan fingerprint density at radius 2 is 2.14 bits per heavy atom. The predicted octanol–water partition coefficient (Wildman–Crippen LogP) is 5.73. The van der Waals surface area contributed by atoms with Gasteiger partial charge in [-0.05, 0) is 99.5 Å². The summed E-state index contributed by atoms with van der Waals surface area (Å²) in [5.41, 5.74) is 1.37. The van der Waals surface area contributed by atoms with Gasteiger partial charge in [-0.3, -0.25) is 0 Å². The fraction of sp³-hybridized carbons (Fsp3) is 0.571. The van der Waals surface area contributed by atoms with Crippen molar-refractivity contribution < 1.29 is 13.6 Å². The first-order chi connectivity index (χ1) is 16.9. The first kappa shape index (κ1) is 24.0. The van der Waals surface area contributed by atoms with Gasteiger partial charge in [0.25, 0.3) is 0 Å². The molecule has 1 aliphatic heterocycles. The zero-order valence-corrected chi connectivity index (χ0v) is 20.4. The number of benzene rings is 1. The summed E-state index contributed by atoms with van der Waals surface area (Å²) in [6.07, 6.45) is 12.5. The summed E-state index contributed by atoms with van der Waals surface area (Å²) in [5, 5.41) is 12.3. The normalized spacial score (nSPS) is 31.5. The Hall–Kier alpha value is -2.72. The number of nitrogens with one attached hydrogen (secondary N) is 1. The molecule has 3 fully saturated rings. The fourth-order valence-electron chi connectivity index (χ4n) is 6.67. The maximum Gasteiger partial charge on any atom is 0.322 e. The zero-order valence-electron chi connectivity index (χ0n) is 20.4. The molecule has 35 heavy (non-hydrogen) atoms. The summed E-state index contributed by atoms with van der Waals surface area (Å²) in [6, 6.07) is 5.74. The number of halogens is 2. The SMILES string of the molecule is CC1C(C#N)=CC=CC1C12CCC(N(CCCN3CCC3)C(=O)Nc3ccc(F)c(F)c3)CC1C2. The van der Waals surface area contributed by atoms with Crippen molar-refractivity contribution in [3.8, 4) is 6.07 Å². The molecule has 2 saturated carbocycles. The minimum absolute atomic E-state index is 0.131. The fourth-order valence-corrected chi connectivity index (χ4v) is 6.67. The zero-order chi connectivity index (χ0) is 24.6. The maximum atomic E-state index is 13.7. The van der Waals surface area contributed by atoms with Crippen LogP contribution in [0.1, 0.15) is 45.4 Å². The highest BCUT2D eigenvalue weighted by molar-refractivity contribution is 5.89. The molecule has 1 N–H and O–H groups in total. The molecule has 5 atom stereocenters. The molecule has 186 valence electrons. The van der Waals surface area contributed by atoms with Crippen LogP contribution >= 0.6 is 0 Å². The van der Waals surface area contributed by atoms with Gasteiger partial charge in [-0.1, -0.05) is 19.1 Å². The van der Waals surface area contributed by atoms with E-state index in [1.807, 2.05) is 17.1 Å². The average molecular weight is 481 g/mol. The van der Waals surface area contributed by atoms with Crippen LogP contribution in [0.3, 0.4) is 0 Å². The average Bonchev–Trinajstić information content (AvgIpc) is 3.55. The number of amides is 2. The number of likely N-dealkylation sites (tertiary alicyclic amines) is 1. The van der Waals surface area contributed by atoms with Gasteiger partial charge < -0.3 is 15.1 Å². The van der Waals surface area contributed by atoms with Gasteiger partial charge in [0.2, 0.25) is 0 Å². The van der Waals surface area contributed by atoms with Crippen LogP contribution in [0.15, 0.2) is 42.0 Å². The molecule has 0 spiro atoms. The molecular formula is C28H34F2N4O. The second-order valence-corrected chi connectivity index (χ2v) is 10.8. The number of carbonyl (C=O) groups is 1. The number of hydrogen-bond acceptors (Lipinski definition) is 3. The monoisotopic (exact) mass is 480 g/mol. The maximum absolute atomic E-state index is 13.7. The largest absolute Gasteiger partial charge is 0.322 e. The van der Waals surface area contributed by atoms with Gasteiger partial charge >= 0.3 is 6.03 Å². The second kappa shape index (κ2) is 9.73. The van der Waals surface area contributed by atoms with Crippen LogP contribution < -0.4 is 5.32 Å². The number of fused-ring (bicyclic) bond motifs is 1. The van der Waals surface area contributed by atoms with Crippen LogP contribution in [0.4, 0.5) is 19.3 Å². The molecule has 5 nitrogen and oxygen atoms in total. The molecule has 0 bridgehead atoms. The summed E-state index contributed by atoms with van der Waals surface area (Å²) < 4.78 is 27.1. The molecule has 5 unspecified atom stereocenters. The molecule has 5 rings (SSSR count). The molecule has 4 aliphatic rings. The van der Waals surface area contributed by atoms with Gasteiger partial charge in [-0.25, -0.2) is 13.6 Å². The van der Waals surface area contributed by atoms with Crippen LogP contribution in [0.25, 0.3) is 0 Å². The van der Waals surface area contributed by atoms with E-state index in [1.54, 1.807) is 0 Å². The van der Waals surface area contributed by atoms with Gasteiger partial charge in [0, 0.05) is 29.9 Å². The first-order valence-corrected chi connectivity index (χ1v) is 12.9. The van der Waals surface area contributed by atoms with Crippen molar-refractivity contribution in [1.82, 2.24) is 9.80 Å². The molecule has 0 aromatic heterocycles. The van der Waals surface area contributed by atoms with Gasteiger partial charge in [0.05, 0.1) is 6.07 Å². The summed E-state index contributed by atoms with van der Waals surface area (Å²) in [4.78, 5) is 17.7. The smallest absolute Gasteiger partial charge is 0.321 e. The van der Waals surface area contributed by atoms with Crippen molar-refractivity contribution in [2.45, 2.75) is 51.5 Å². The van der Waals surface area contributed by atoms with Crippen LogP contribution in [0.2, 0.25) is 0 Å². The molecule has 2 amide bonds. The number of allylic oxidation sites excluding steroid dienone is 4. The van der Waals surface area contributed by atoms with Crippen molar-refractivity contribution in [3.63, 3.8) is 0 Å². The Kier molecular flexibility index (Phi) is 6.67. The second-order valence-electron chi connectivity index (χ2n) is 10.8. The molecule has 1 heterocycles. The summed E-state index contributed by atoms with van der Waals surface area (Å²) in [5.74, 6) is -0.731. The Balaban J connectivity index is 1.26. The van der Waals surface area contributed by atoms with Gasteiger partial charge in [-0.2, -0.15) is 5.26 Å². The molecule has 0 radical (unpaired) electrons. The Labute approximate surface area is 206 Å².